The first-order valence-electron chi connectivity index (χ1n) is 5.66. The van der Waals surface area contributed by atoms with Crippen molar-refractivity contribution < 1.29 is 14.7 Å². The fourth-order valence-corrected chi connectivity index (χ4v) is 2.07. The Labute approximate surface area is 124 Å². The largest absolute Gasteiger partial charge is 0.481 e. The molecule has 0 spiro atoms. The van der Waals surface area contributed by atoms with Crippen LogP contribution in [0, 0.1) is 0 Å². The molecule has 3 N–H and O–H groups in total. The quantitative estimate of drug-likeness (QED) is 0.661. The summed E-state index contributed by atoms with van der Waals surface area (Å²) in [6.07, 6.45) is 0.578. The van der Waals surface area contributed by atoms with E-state index in [4.69, 9.17) is 16.7 Å². The van der Waals surface area contributed by atoms with Gasteiger partial charge in [0, 0.05) is 10.9 Å². The minimum absolute atomic E-state index is 0.0904. The Kier molecular flexibility index (Phi) is 6.83. The van der Waals surface area contributed by atoms with Crippen LogP contribution in [0.15, 0.2) is 22.7 Å². The van der Waals surface area contributed by atoms with Crippen molar-refractivity contribution in [1.82, 2.24) is 5.32 Å². The summed E-state index contributed by atoms with van der Waals surface area (Å²) < 4.78 is 0.835. The molecule has 1 aromatic rings. The Morgan fingerprint density at radius 2 is 2.11 bits per heavy atom. The van der Waals surface area contributed by atoms with Gasteiger partial charge in [0.25, 0.3) is 0 Å². The number of rotatable bonds is 7. The Bertz CT molecular complexity index is 468. The van der Waals surface area contributed by atoms with Gasteiger partial charge in [-0.2, -0.15) is 0 Å². The molecule has 0 aliphatic rings. The van der Waals surface area contributed by atoms with Crippen molar-refractivity contribution in [3.05, 3.63) is 27.7 Å². The van der Waals surface area contributed by atoms with Crippen LogP contribution in [0.4, 0.5) is 5.69 Å². The minimum atomic E-state index is -0.840. The number of benzene rings is 1. The molecule has 0 saturated carbocycles. The molecule has 7 heteroatoms. The Hall–Kier alpha value is -1.11. The monoisotopic (exact) mass is 348 g/mol. The van der Waals surface area contributed by atoms with E-state index < -0.39 is 5.97 Å². The molecule has 0 saturated heterocycles. The lowest BCUT2D eigenvalue weighted by atomic mass is 10.3. The molecule has 1 aromatic carbocycles. The van der Waals surface area contributed by atoms with E-state index in [2.05, 4.69) is 26.6 Å². The third-order valence-electron chi connectivity index (χ3n) is 2.23. The highest BCUT2D eigenvalue weighted by Crippen LogP contribution is 2.25. The van der Waals surface area contributed by atoms with Crippen LogP contribution in [-0.2, 0) is 9.59 Å². The zero-order chi connectivity index (χ0) is 14.3. The van der Waals surface area contributed by atoms with Crippen LogP contribution in [0.2, 0.25) is 5.02 Å². The Balaban J connectivity index is 2.29. The van der Waals surface area contributed by atoms with Crippen LogP contribution in [0.5, 0.6) is 0 Å². The average Bonchev–Trinajstić information content (AvgIpc) is 2.32. The van der Waals surface area contributed by atoms with E-state index in [0.29, 0.717) is 23.7 Å². The van der Waals surface area contributed by atoms with Crippen LogP contribution in [-0.4, -0.2) is 30.1 Å². The molecule has 0 aliphatic heterocycles. The highest BCUT2D eigenvalue weighted by Gasteiger charge is 2.06. The van der Waals surface area contributed by atoms with Crippen molar-refractivity contribution in [1.29, 1.82) is 0 Å². The molecule has 1 amide bonds. The molecule has 0 heterocycles. The number of carboxylic acid groups (broad SMARTS) is 1. The number of carboxylic acids is 1. The lowest BCUT2D eigenvalue weighted by Crippen LogP contribution is -2.29. The number of anilines is 1. The predicted octanol–water partition coefficient (Wildman–Crippen LogP) is 2.50. The predicted molar refractivity (Wildman–Crippen MR) is 77.5 cm³/mol. The fourth-order valence-electron chi connectivity index (χ4n) is 1.35. The lowest BCUT2D eigenvalue weighted by molar-refractivity contribution is -0.137. The van der Waals surface area contributed by atoms with E-state index in [1.54, 1.807) is 18.2 Å². The molecular formula is C12H14BrClN2O3. The molecule has 104 valence electrons. The van der Waals surface area contributed by atoms with E-state index >= 15 is 0 Å². The van der Waals surface area contributed by atoms with Gasteiger partial charge in [-0.15, -0.1) is 0 Å². The summed E-state index contributed by atoms with van der Waals surface area (Å²) in [5.41, 5.74) is 0.544. The second kappa shape index (κ2) is 8.14. The van der Waals surface area contributed by atoms with Crippen molar-refractivity contribution in [2.75, 3.05) is 18.4 Å². The number of aliphatic carboxylic acids is 1. The first-order chi connectivity index (χ1) is 8.99. The number of hydrogen-bond acceptors (Lipinski definition) is 3. The molecule has 0 radical (unpaired) electrons. The van der Waals surface area contributed by atoms with Gasteiger partial charge in [0.1, 0.15) is 0 Å². The van der Waals surface area contributed by atoms with Crippen molar-refractivity contribution in [2.24, 2.45) is 0 Å². The lowest BCUT2D eigenvalue weighted by Gasteiger charge is -2.08. The highest BCUT2D eigenvalue weighted by atomic mass is 79.9. The van der Waals surface area contributed by atoms with Crippen LogP contribution in [0.1, 0.15) is 12.8 Å². The standard InChI is InChI=1S/C12H14BrClN2O3/c13-8-3-4-10(9(14)6-8)16-11(17)7-15-5-1-2-12(18)19/h3-4,6,15H,1-2,5,7H2,(H,16,17)(H,18,19). The maximum atomic E-state index is 11.6. The highest BCUT2D eigenvalue weighted by molar-refractivity contribution is 9.10. The number of carbonyl (C=O) groups is 2. The maximum absolute atomic E-state index is 11.6. The first-order valence-corrected chi connectivity index (χ1v) is 6.83. The average molecular weight is 350 g/mol. The molecule has 0 atom stereocenters. The number of carbonyl (C=O) groups excluding carboxylic acids is 1. The van der Waals surface area contributed by atoms with E-state index in [-0.39, 0.29) is 18.9 Å². The molecule has 19 heavy (non-hydrogen) atoms. The fraction of sp³-hybridized carbons (Fsp3) is 0.333. The van der Waals surface area contributed by atoms with Crippen molar-refractivity contribution in [3.8, 4) is 0 Å². The second-order valence-electron chi connectivity index (χ2n) is 3.85. The summed E-state index contributed by atoms with van der Waals surface area (Å²) in [6.45, 7) is 0.597. The van der Waals surface area contributed by atoms with Crippen molar-refractivity contribution >= 4 is 45.1 Å². The Morgan fingerprint density at radius 3 is 2.74 bits per heavy atom. The number of halogens is 2. The molecule has 0 aromatic heterocycles. The number of hydrogen-bond donors (Lipinski definition) is 3. The van der Waals surface area contributed by atoms with Crippen LogP contribution in [0.25, 0.3) is 0 Å². The van der Waals surface area contributed by atoms with Crippen molar-refractivity contribution in [2.45, 2.75) is 12.8 Å². The third kappa shape index (κ3) is 6.56. The van der Waals surface area contributed by atoms with Gasteiger partial charge < -0.3 is 15.7 Å². The van der Waals surface area contributed by atoms with Gasteiger partial charge in [0.2, 0.25) is 5.91 Å². The smallest absolute Gasteiger partial charge is 0.303 e. The molecule has 0 unspecified atom stereocenters. The zero-order valence-electron chi connectivity index (χ0n) is 10.1. The van der Waals surface area contributed by atoms with Crippen LogP contribution in [0.3, 0.4) is 0 Å². The van der Waals surface area contributed by atoms with E-state index in [1.165, 1.54) is 0 Å². The molecule has 0 bridgehead atoms. The molecular weight excluding hydrogens is 336 g/mol. The maximum Gasteiger partial charge on any atom is 0.303 e. The van der Waals surface area contributed by atoms with Gasteiger partial charge >= 0.3 is 5.97 Å². The van der Waals surface area contributed by atoms with Gasteiger partial charge in [0.05, 0.1) is 17.3 Å². The molecule has 0 fully saturated rings. The second-order valence-corrected chi connectivity index (χ2v) is 5.17. The molecule has 5 nitrogen and oxygen atoms in total. The Morgan fingerprint density at radius 1 is 1.37 bits per heavy atom. The number of amides is 1. The summed E-state index contributed by atoms with van der Waals surface area (Å²) in [5, 5.41) is 14.4. The van der Waals surface area contributed by atoms with Gasteiger partial charge in [-0.1, -0.05) is 27.5 Å². The van der Waals surface area contributed by atoms with Gasteiger partial charge in [0.15, 0.2) is 0 Å². The summed E-state index contributed by atoms with van der Waals surface area (Å²) in [6, 6.07) is 5.17. The van der Waals surface area contributed by atoms with Gasteiger partial charge in [-0.05, 0) is 31.2 Å². The number of nitrogens with one attached hydrogen (secondary N) is 2. The topological polar surface area (TPSA) is 78.4 Å². The summed E-state index contributed by atoms with van der Waals surface area (Å²) in [5.74, 6) is -1.06. The van der Waals surface area contributed by atoms with E-state index in [9.17, 15) is 9.59 Å². The third-order valence-corrected chi connectivity index (χ3v) is 3.04. The SMILES string of the molecule is O=C(O)CCCNCC(=O)Nc1ccc(Br)cc1Cl. The summed E-state index contributed by atoms with van der Waals surface area (Å²) in [7, 11) is 0. The van der Waals surface area contributed by atoms with E-state index in [1.807, 2.05) is 0 Å². The van der Waals surface area contributed by atoms with Crippen LogP contribution >= 0.6 is 27.5 Å². The van der Waals surface area contributed by atoms with E-state index in [0.717, 1.165) is 4.47 Å². The summed E-state index contributed by atoms with van der Waals surface area (Å²) in [4.78, 5) is 21.9. The van der Waals surface area contributed by atoms with Gasteiger partial charge in [-0.3, -0.25) is 9.59 Å². The van der Waals surface area contributed by atoms with Crippen molar-refractivity contribution in [3.63, 3.8) is 0 Å². The summed E-state index contributed by atoms with van der Waals surface area (Å²) >= 11 is 9.24. The normalized spacial score (nSPS) is 10.2. The van der Waals surface area contributed by atoms with Crippen LogP contribution < -0.4 is 10.6 Å². The first kappa shape index (κ1) is 15.9. The molecule has 0 aliphatic carbocycles. The zero-order valence-corrected chi connectivity index (χ0v) is 12.4. The van der Waals surface area contributed by atoms with Gasteiger partial charge in [-0.25, -0.2) is 0 Å². The molecule has 1 rings (SSSR count). The minimum Gasteiger partial charge on any atom is -0.481 e.